The zero-order valence-electron chi connectivity index (χ0n) is 9.36. The van der Waals surface area contributed by atoms with Gasteiger partial charge in [0, 0.05) is 17.7 Å². The maximum atomic E-state index is 5.67. The largest absolute Gasteiger partial charge is 0.497 e. The smallest absolute Gasteiger partial charge is 0.138 e. The number of nitrogens with two attached hydrogens (primary N) is 1. The number of benzene rings is 1. The average Bonchev–Trinajstić information content (AvgIpc) is 2.70. The highest BCUT2D eigenvalue weighted by molar-refractivity contribution is 5.64. The molecule has 0 unspecified atom stereocenters. The lowest BCUT2D eigenvalue weighted by atomic mass is 10.1. The van der Waals surface area contributed by atoms with Crippen LogP contribution in [-0.2, 0) is 6.54 Å². The molecule has 2 rings (SSSR count). The zero-order chi connectivity index (χ0) is 11.5. The molecule has 0 bridgehead atoms. The summed E-state index contributed by atoms with van der Waals surface area (Å²) >= 11 is 0. The van der Waals surface area contributed by atoms with E-state index in [0.29, 0.717) is 6.54 Å². The summed E-state index contributed by atoms with van der Waals surface area (Å²) in [5, 5.41) is 4.02. The molecule has 0 radical (unpaired) electrons. The zero-order valence-corrected chi connectivity index (χ0v) is 9.36. The first kappa shape index (κ1) is 10.7. The summed E-state index contributed by atoms with van der Waals surface area (Å²) < 4.78 is 10.3. The van der Waals surface area contributed by atoms with Crippen molar-refractivity contribution in [3.63, 3.8) is 0 Å². The van der Waals surface area contributed by atoms with Gasteiger partial charge in [-0.05, 0) is 19.1 Å². The van der Waals surface area contributed by atoms with Gasteiger partial charge in [-0.3, -0.25) is 0 Å². The van der Waals surface area contributed by atoms with E-state index < -0.39 is 0 Å². The molecular formula is C12H14N2O2. The van der Waals surface area contributed by atoms with Gasteiger partial charge in [-0.25, -0.2) is 0 Å². The first-order valence-corrected chi connectivity index (χ1v) is 5.06. The Morgan fingerprint density at radius 1 is 1.44 bits per heavy atom. The summed E-state index contributed by atoms with van der Waals surface area (Å²) in [4.78, 5) is 0. The Morgan fingerprint density at radius 2 is 2.25 bits per heavy atom. The van der Waals surface area contributed by atoms with E-state index in [-0.39, 0.29) is 0 Å². The lowest BCUT2D eigenvalue weighted by Gasteiger charge is -2.03. The molecule has 4 nitrogen and oxygen atoms in total. The van der Waals surface area contributed by atoms with Crippen LogP contribution < -0.4 is 10.5 Å². The maximum Gasteiger partial charge on any atom is 0.138 e. The van der Waals surface area contributed by atoms with E-state index in [1.165, 1.54) is 0 Å². The second-order valence-corrected chi connectivity index (χ2v) is 3.50. The minimum atomic E-state index is 0.419. The molecule has 1 aromatic carbocycles. The molecule has 0 aliphatic heterocycles. The molecule has 84 valence electrons. The Morgan fingerprint density at radius 3 is 2.94 bits per heavy atom. The molecular weight excluding hydrogens is 204 g/mol. The highest BCUT2D eigenvalue weighted by Gasteiger charge is 2.13. The second-order valence-electron chi connectivity index (χ2n) is 3.50. The van der Waals surface area contributed by atoms with Crippen LogP contribution in [0.4, 0.5) is 0 Å². The molecule has 0 saturated carbocycles. The Labute approximate surface area is 94.0 Å². The Kier molecular flexibility index (Phi) is 2.92. The third-order valence-electron chi connectivity index (χ3n) is 2.53. The van der Waals surface area contributed by atoms with Crippen LogP contribution in [0.15, 0.2) is 28.8 Å². The first-order chi connectivity index (χ1) is 7.76. The van der Waals surface area contributed by atoms with Crippen LogP contribution in [0.2, 0.25) is 0 Å². The van der Waals surface area contributed by atoms with Crippen molar-refractivity contribution in [3.8, 4) is 17.0 Å². The van der Waals surface area contributed by atoms with Gasteiger partial charge < -0.3 is 15.0 Å². The van der Waals surface area contributed by atoms with E-state index in [4.69, 9.17) is 15.0 Å². The van der Waals surface area contributed by atoms with Gasteiger partial charge in [0.1, 0.15) is 17.2 Å². The fourth-order valence-corrected chi connectivity index (χ4v) is 1.63. The van der Waals surface area contributed by atoms with E-state index in [0.717, 1.165) is 28.3 Å². The minimum absolute atomic E-state index is 0.419. The number of aryl methyl sites for hydroxylation is 1. The van der Waals surface area contributed by atoms with Crippen LogP contribution in [0.3, 0.4) is 0 Å². The Hall–Kier alpha value is -1.81. The van der Waals surface area contributed by atoms with Crippen molar-refractivity contribution >= 4 is 0 Å². The lowest BCUT2D eigenvalue weighted by molar-refractivity contribution is 0.398. The molecule has 16 heavy (non-hydrogen) atoms. The first-order valence-electron chi connectivity index (χ1n) is 5.06. The molecule has 0 fully saturated rings. The third kappa shape index (κ3) is 1.79. The van der Waals surface area contributed by atoms with Crippen LogP contribution in [0, 0.1) is 6.92 Å². The predicted molar refractivity (Wildman–Crippen MR) is 61.1 cm³/mol. The fraction of sp³-hybridized carbons (Fsp3) is 0.250. The van der Waals surface area contributed by atoms with Gasteiger partial charge in [0.05, 0.1) is 7.11 Å². The number of hydrogen-bond acceptors (Lipinski definition) is 4. The summed E-state index contributed by atoms with van der Waals surface area (Å²) in [6.07, 6.45) is 0. The van der Waals surface area contributed by atoms with Gasteiger partial charge >= 0.3 is 0 Å². The number of hydrogen-bond donors (Lipinski definition) is 1. The number of rotatable bonds is 3. The van der Waals surface area contributed by atoms with Crippen molar-refractivity contribution in [1.82, 2.24) is 5.16 Å². The lowest BCUT2D eigenvalue weighted by Crippen LogP contribution is -1.98. The van der Waals surface area contributed by atoms with Crippen LogP contribution in [0.1, 0.15) is 11.3 Å². The highest BCUT2D eigenvalue weighted by atomic mass is 16.5. The molecule has 0 aliphatic rings. The predicted octanol–water partition coefficient (Wildman–Crippen LogP) is 2.12. The van der Waals surface area contributed by atoms with Gasteiger partial charge in [-0.1, -0.05) is 17.3 Å². The van der Waals surface area contributed by atoms with Gasteiger partial charge in [-0.2, -0.15) is 0 Å². The van der Waals surface area contributed by atoms with Gasteiger partial charge in [-0.15, -0.1) is 0 Å². The van der Waals surface area contributed by atoms with Crippen molar-refractivity contribution in [2.45, 2.75) is 13.5 Å². The molecule has 0 spiro atoms. The second kappa shape index (κ2) is 4.37. The van der Waals surface area contributed by atoms with Gasteiger partial charge in [0.15, 0.2) is 0 Å². The average molecular weight is 218 g/mol. The topological polar surface area (TPSA) is 61.3 Å². The van der Waals surface area contributed by atoms with E-state index in [9.17, 15) is 0 Å². The van der Waals surface area contributed by atoms with E-state index in [1.54, 1.807) is 7.11 Å². The summed E-state index contributed by atoms with van der Waals surface area (Å²) in [7, 11) is 1.64. The van der Waals surface area contributed by atoms with Crippen LogP contribution >= 0.6 is 0 Å². The molecule has 0 atom stereocenters. The standard InChI is InChI=1S/C12H14N2O2/c1-8-11(7-13)12(14-16-8)9-4-3-5-10(6-9)15-2/h3-6H,7,13H2,1-2H3. The van der Waals surface area contributed by atoms with Crippen molar-refractivity contribution in [1.29, 1.82) is 0 Å². The normalized spacial score (nSPS) is 10.4. The summed E-state index contributed by atoms with van der Waals surface area (Å²) in [5.74, 6) is 1.56. The Bertz CT molecular complexity index is 492. The van der Waals surface area contributed by atoms with E-state index in [1.807, 2.05) is 31.2 Å². The monoisotopic (exact) mass is 218 g/mol. The summed E-state index contributed by atoms with van der Waals surface area (Å²) in [5.41, 5.74) is 8.36. The Balaban J connectivity index is 2.49. The van der Waals surface area contributed by atoms with E-state index >= 15 is 0 Å². The number of methoxy groups -OCH3 is 1. The van der Waals surface area contributed by atoms with Crippen molar-refractivity contribution in [3.05, 3.63) is 35.6 Å². The molecule has 2 aromatic rings. The maximum absolute atomic E-state index is 5.67. The fourth-order valence-electron chi connectivity index (χ4n) is 1.63. The van der Waals surface area contributed by atoms with Crippen LogP contribution in [0.5, 0.6) is 5.75 Å². The number of ether oxygens (including phenoxy) is 1. The van der Waals surface area contributed by atoms with Crippen LogP contribution in [-0.4, -0.2) is 12.3 Å². The summed E-state index contributed by atoms with van der Waals surface area (Å²) in [6.45, 7) is 2.28. The van der Waals surface area contributed by atoms with Crippen molar-refractivity contribution in [2.75, 3.05) is 7.11 Å². The minimum Gasteiger partial charge on any atom is -0.497 e. The summed E-state index contributed by atoms with van der Waals surface area (Å²) in [6, 6.07) is 7.67. The highest BCUT2D eigenvalue weighted by Crippen LogP contribution is 2.27. The molecule has 1 heterocycles. The molecule has 4 heteroatoms. The van der Waals surface area contributed by atoms with Gasteiger partial charge in [0.25, 0.3) is 0 Å². The van der Waals surface area contributed by atoms with Gasteiger partial charge in [0.2, 0.25) is 0 Å². The SMILES string of the molecule is COc1cccc(-c2noc(C)c2CN)c1. The molecule has 0 saturated heterocycles. The number of nitrogens with zero attached hydrogens (tertiary/aromatic N) is 1. The molecule has 1 aromatic heterocycles. The number of aromatic nitrogens is 1. The third-order valence-corrected chi connectivity index (χ3v) is 2.53. The van der Waals surface area contributed by atoms with Crippen molar-refractivity contribution in [2.24, 2.45) is 5.73 Å². The van der Waals surface area contributed by atoms with Crippen molar-refractivity contribution < 1.29 is 9.26 Å². The van der Waals surface area contributed by atoms with Crippen LogP contribution in [0.25, 0.3) is 11.3 Å². The van der Waals surface area contributed by atoms with E-state index in [2.05, 4.69) is 5.16 Å². The molecule has 0 amide bonds. The molecule has 0 aliphatic carbocycles. The quantitative estimate of drug-likeness (QED) is 0.857. The molecule has 2 N–H and O–H groups in total.